The fourth-order valence-electron chi connectivity index (χ4n) is 1.57. The van der Waals surface area contributed by atoms with Crippen molar-refractivity contribution in [2.75, 3.05) is 12.0 Å². The number of methoxy groups -OCH3 is 1. The number of hydrogen-bond acceptors (Lipinski definition) is 6. The highest BCUT2D eigenvalue weighted by Gasteiger charge is 2.36. The fraction of sp³-hybridized carbons (Fsp3) is 0.500. The molecule has 0 radical (unpaired) electrons. The molecule has 92 valence electrons. The van der Waals surface area contributed by atoms with Gasteiger partial charge in [0.2, 0.25) is 5.13 Å². The molecule has 1 unspecified atom stereocenters. The van der Waals surface area contributed by atoms with Crippen LogP contribution < -0.4 is 4.90 Å². The van der Waals surface area contributed by atoms with E-state index in [0.717, 1.165) is 11.5 Å². The van der Waals surface area contributed by atoms with Crippen molar-refractivity contribution in [3.63, 3.8) is 0 Å². The molecule has 1 atom stereocenters. The normalized spacial score (nSPS) is 20.6. The third-order valence-corrected chi connectivity index (χ3v) is 3.45. The first kappa shape index (κ1) is 12.2. The predicted molar refractivity (Wildman–Crippen MR) is 62.5 cm³/mol. The van der Waals surface area contributed by atoms with Gasteiger partial charge in [-0.05, 0) is 19.4 Å². The van der Waals surface area contributed by atoms with Crippen LogP contribution in [0.5, 0.6) is 0 Å². The van der Waals surface area contributed by atoms with E-state index in [1.165, 1.54) is 4.90 Å². The molecule has 2 heterocycles. The van der Waals surface area contributed by atoms with Crippen molar-refractivity contribution in [3.05, 3.63) is 17.0 Å². The summed E-state index contributed by atoms with van der Waals surface area (Å²) >= 11 is 1.08. The predicted octanol–water partition coefficient (Wildman–Crippen LogP) is 0.686. The number of aromatic nitrogens is 2. The summed E-state index contributed by atoms with van der Waals surface area (Å²) in [5.74, 6) is 0.282. The third kappa shape index (κ3) is 1.97. The van der Waals surface area contributed by atoms with Gasteiger partial charge in [0.15, 0.2) is 12.1 Å². The Morgan fingerprint density at radius 1 is 1.53 bits per heavy atom. The van der Waals surface area contributed by atoms with Gasteiger partial charge in [-0.25, -0.2) is 4.98 Å². The molecule has 17 heavy (non-hydrogen) atoms. The average Bonchev–Trinajstić information content (AvgIpc) is 2.82. The van der Waals surface area contributed by atoms with Crippen LogP contribution in [-0.2, 0) is 16.1 Å². The van der Waals surface area contributed by atoms with Gasteiger partial charge < -0.3 is 9.84 Å². The van der Waals surface area contributed by atoms with E-state index >= 15 is 0 Å². The lowest BCUT2D eigenvalue weighted by atomic mass is 10.2. The largest absolute Gasteiger partial charge is 0.377 e. The molecule has 1 amide bonds. The van der Waals surface area contributed by atoms with Gasteiger partial charge in [-0.2, -0.15) is 4.37 Å². The molecule has 0 saturated carbocycles. The minimum Gasteiger partial charge on any atom is -0.377 e. The van der Waals surface area contributed by atoms with Gasteiger partial charge in [-0.3, -0.25) is 9.69 Å². The number of amides is 1. The first-order chi connectivity index (χ1) is 8.06. The lowest BCUT2D eigenvalue weighted by Gasteiger charge is -2.17. The number of anilines is 1. The molecular formula is C10H13N3O3S. The summed E-state index contributed by atoms with van der Waals surface area (Å²) in [4.78, 5) is 17.3. The van der Waals surface area contributed by atoms with Gasteiger partial charge in [0.25, 0.3) is 5.91 Å². The zero-order chi connectivity index (χ0) is 12.6. The van der Waals surface area contributed by atoms with E-state index in [4.69, 9.17) is 4.74 Å². The van der Waals surface area contributed by atoms with Crippen molar-refractivity contribution in [1.82, 2.24) is 9.36 Å². The second kappa shape index (κ2) is 4.52. The van der Waals surface area contributed by atoms with Crippen molar-refractivity contribution in [1.29, 1.82) is 0 Å². The van der Waals surface area contributed by atoms with Crippen LogP contribution in [0, 0.1) is 0 Å². The Kier molecular flexibility index (Phi) is 3.23. The van der Waals surface area contributed by atoms with E-state index in [1.54, 1.807) is 21.0 Å². The summed E-state index contributed by atoms with van der Waals surface area (Å²) in [5.41, 5.74) is 1.21. The minimum absolute atomic E-state index is 0.227. The van der Waals surface area contributed by atoms with Crippen molar-refractivity contribution in [2.45, 2.75) is 26.7 Å². The van der Waals surface area contributed by atoms with Crippen LogP contribution in [0.15, 0.2) is 11.1 Å². The summed E-state index contributed by atoms with van der Waals surface area (Å²) in [6.45, 7) is 3.72. The zero-order valence-corrected chi connectivity index (χ0v) is 10.6. The van der Waals surface area contributed by atoms with Gasteiger partial charge in [0, 0.05) is 24.2 Å². The summed E-state index contributed by atoms with van der Waals surface area (Å²) in [6, 6.07) is 0. The lowest BCUT2D eigenvalue weighted by Crippen LogP contribution is -2.35. The van der Waals surface area contributed by atoms with Gasteiger partial charge in [0.1, 0.15) is 6.61 Å². The van der Waals surface area contributed by atoms with Gasteiger partial charge in [0.05, 0.1) is 0 Å². The van der Waals surface area contributed by atoms with Gasteiger partial charge in [-0.1, -0.05) is 0 Å². The Morgan fingerprint density at radius 3 is 2.76 bits per heavy atom. The molecule has 0 fully saturated rings. The fourth-order valence-corrected chi connectivity index (χ4v) is 2.27. The molecule has 6 nitrogen and oxygen atoms in total. The molecule has 0 aliphatic carbocycles. The Labute approximate surface area is 103 Å². The van der Waals surface area contributed by atoms with E-state index in [2.05, 4.69) is 9.36 Å². The smallest absolute Gasteiger partial charge is 0.258 e. The second-order valence-corrected chi connectivity index (χ2v) is 4.51. The van der Waals surface area contributed by atoms with Gasteiger partial charge in [-0.15, -0.1) is 0 Å². The molecule has 0 saturated heterocycles. The first-order valence-electron chi connectivity index (χ1n) is 5.06. The molecule has 1 N–H and O–H groups in total. The Hall–Kier alpha value is -1.31. The lowest BCUT2D eigenvalue weighted by molar-refractivity contribution is -0.115. The Bertz CT molecular complexity index is 483. The van der Waals surface area contributed by atoms with E-state index in [-0.39, 0.29) is 5.91 Å². The molecule has 0 aromatic carbocycles. The summed E-state index contributed by atoms with van der Waals surface area (Å²) in [7, 11) is 1.55. The molecule has 0 bridgehead atoms. The van der Waals surface area contributed by atoms with Crippen molar-refractivity contribution >= 4 is 22.6 Å². The zero-order valence-electron chi connectivity index (χ0n) is 9.80. The highest BCUT2D eigenvalue weighted by molar-refractivity contribution is 7.10. The Morgan fingerprint density at radius 2 is 2.24 bits per heavy atom. The van der Waals surface area contributed by atoms with E-state index in [0.29, 0.717) is 28.7 Å². The standard InChI is InChI=1S/C10H13N3O3S/c1-5-6(2)9(15)13(8(5)14)10-11-7(4-16-3)12-17-10/h8,14H,4H2,1-3H3. The van der Waals surface area contributed by atoms with Gasteiger partial charge >= 0.3 is 0 Å². The molecule has 7 heteroatoms. The highest BCUT2D eigenvalue weighted by Crippen LogP contribution is 2.30. The quantitative estimate of drug-likeness (QED) is 0.859. The van der Waals surface area contributed by atoms with E-state index in [9.17, 15) is 9.90 Å². The molecular weight excluding hydrogens is 242 g/mol. The third-order valence-electron chi connectivity index (χ3n) is 2.70. The number of carbonyl (C=O) groups is 1. The minimum atomic E-state index is -0.939. The number of ether oxygens (including phenoxy) is 1. The van der Waals surface area contributed by atoms with Crippen LogP contribution in [-0.4, -0.2) is 33.7 Å². The average molecular weight is 255 g/mol. The van der Waals surface area contributed by atoms with Crippen LogP contribution in [0.25, 0.3) is 0 Å². The topological polar surface area (TPSA) is 75.5 Å². The summed E-state index contributed by atoms with van der Waals surface area (Å²) < 4.78 is 8.96. The number of hydrogen-bond donors (Lipinski definition) is 1. The van der Waals surface area contributed by atoms with E-state index in [1.807, 2.05) is 0 Å². The van der Waals surface area contributed by atoms with Crippen LogP contribution in [0.2, 0.25) is 0 Å². The maximum atomic E-state index is 11.9. The number of aliphatic hydroxyl groups is 1. The second-order valence-electron chi connectivity index (χ2n) is 3.78. The highest BCUT2D eigenvalue weighted by atomic mass is 32.1. The van der Waals surface area contributed by atoms with E-state index < -0.39 is 6.23 Å². The molecule has 1 aliphatic heterocycles. The summed E-state index contributed by atoms with van der Waals surface area (Å²) in [6.07, 6.45) is -0.939. The summed E-state index contributed by atoms with van der Waals surface area (Å²) in [5, 5.41) is 10.3. The maximum absolute atomic E-state index is 11.9. The molecule has 2 rings (SSSR count). The monoisotopic (exact) mass is 255 g/mol. The molecule has 1 aliphatic rings. The Balaban J connectivity index is 2.26. The van der Waals surface area contributed by atoms with Crippen LogP contribution in [0.3, 0.4) is 0 Å². The molecule has 0 spiro atoms. The van der Waals surface area contributed by atoms with Crippen molar-refractivity contribution in [2.24, 2.45) is 0 Å². The number of nitrogens with zero attached hydrogens (tertiary/aromatic N) is 3. The molecule has 1 aromatic rings. The number of aliphatic hydroxyl groups excluding tert-OH is 1. The van der Waals surface area contributed by atoms with Crippen molar-refractivity contribution in [3.8, 4) is 0 Å². The van der Waals surface area contributed by atoms with Crippen LogP contribution in [0.1, 0.15) is 19.7 Å². The SMILES string of the molecule is COCc1nsc(N2C(=O)C(C)=C(C)C2O)n1. The number of rotatable bonds is 3. The number of carbonyl (C=O) groups excluding carboxylic acids is 1. The van der Waals surface area contributed by atoms with Crippen molar-refractivity contribution < 1.29 is 14.6 Å². The first-order valence-corrected chi connectivity index (χ1v) is 5.84. The van der Waals surface area contributed by atoms with Crippen LogP contribution >= 0.6 is 11.5 Å². The van der Waals surface area contributed by atoms with Crippen LogP contribution in [0.4, 0.5) is 5.13 Å². The molecule has 1 aromatic heterocycles. The maximum Gasteiger partial charge on any atom is 0.258 e.